The minimum atomic E-state index is -3.77. The van der Waals surface area contributed by atoms with Crippen molar-refractivity contribution in [3.05, 3.63) is 59.7 Å². The van der Waals surface area contributed by atoms with Gasteiger partial charge >= 0.3 is 0 Å². The summed E-state index contributed by atoms with van der Waals surface area (Å²) in [5, 5.41) is 0. The van der Waals surface area contributed by atoms with Gasteiger partial charge in [0, 0.05) is 11.5 Å². The van der Waals surface area contributed by atoms with Crippen molar-refractivity contribution in [3.63, 3.8) is 0 Å². The van der Waals surface area contributed by atoms with Crippen LogP contribution in [0.4, 0.5) is 5.69 Å². The Morgan fingerprint density at radius 3 is 2.21 bits per heavy atom. The molecule has 7 nitrogen and oxygen atoms in total. The Bertz CT molecular complexity index is 981. The van der Waals surface area contributed by atoms with Crippen LogP contribution in [0.15, 0.2) is 53.4 Å². The quantitative estimate of drug-likeness (QED) is 0.653. The maximum Gasteiger partial charge on any atom is 0.269 e. The molecule has 2 amide bonds. The van der Waals surface area contributed by atoms with Gasteiger partial charge in [-0.3, -0.25) is 25.2 Å². The van der Waals surface area contributed by atoms with Gasteiger partial charge in [-0.05, 0) is 55.7 Å². The molecule has 0 radical (unpaired) electrons. The molecular formula is C21H25N3O4S. The van der Waals surface area contributed by atoms with E-state index in [9.17, 15) is 18.0 Å². The van der Waals surface area contributed by atoms with E-state index in [1.54, 1.807) is 12.1 Å². The van der Waals surface area contributed by atoms with Gasteiger partial charge in [-0.25, -0.2) is 8.42 Å². The van der Waals surface area contributed by atoms with Crippen LogP contribution < -0.4 is 15.6 Å². The number of aryl methyl sites for hydroxylation is 1. The van der Waals surface area contributed by atoms with Gasteiger partial charge in [-0.2, -0.15) is 0 Å². The van der Waals surface area contributed by atoms with Gasteiger partial charge in [0.2, 0.25) is 5.91 Å². The van der Waals surface area contributed by atoms with E-state index in [0.717, 1.165) is 37.7 Å². The highest BCUT2D eigenvalue weighted by Crippen LogP contribution is 2.23. The first-order valence-electron chi connectivity index (χ1n) is 9.65. The van der Waals surface area contributed by atoms with Crippen molar-refractivity contribution in [2.75, 3.05) is 4.72 Å². The minimum absolute atomic E-state index is 0.0449. The highest BCUT2D eigenvalue weighted by molar-refractivity contribution is 7.92. The highest BCUT2D eigenvalue weighted by Gasteiger charge is 2.21. The Morgan fingerprint density at radius 1 is 0.897 bits per heavy atom. The molecule has 2 aromatic rings. The van der Waals surface area contributed by atoms with Crippen LogP contribution in [0, 0.1) is 12.8 Å². The molecule has 8 heteroatoms. The lowest BCUT2D eigenvalue weighted by Crippen LogP contribution is -2.44. The molecule has 154 valence electrons. The third-order valence-corrected chi connectivity index (χ3v) is 6.47. The fraction of sp³-hybridized carbons (Fsp3) is 0.333. The Kier molecular flexibility index (Phi) is 6.53. The molecule has 1 saturated carbocycles. The van der Waals surface area contributed by atoms with Crippen LogP contribution >= 0.6 is 0 Å². The number of amides is 2. The van der Waals surface area contributed by atoms with Crippen molar-refractivity contribution in [1.82, 2.24) is 10.9 Å². The number of hydrogen-bond donors (Lipinski definition) is 3. The first-order chi connectivity index (χ1) is 13.9. The van der Waals surface area contributed by atoms with Crippen molar-refractivity contribution in [2.45, 2.75) is 43.9 Å². The Labute approximate surface area is 170 Å². The van der Waals surface area contributed by atoms with Gasteiger partial charge in [-0.15, -0.1) is 0 Å². The zero-order valence-corrected chi connectivity index (χ0v) is 17.1. The van der Waals surface area contributed by atoms with Crippen LogP contribution in [0.25, 0.3) is 0 Å². The fourth-order valence-electron chi connectivity index (χ4n) is 3.33. The molecule has 1 aliphatic rings. The van der Waals surface area contributed by atoms with E-state index >= 15 is 0 Å². The first-order valence-corrected chi connectivity index (χ1v) is 11.1. The lowest BCUT2D eigenvalue weighted by Gasteiger charge is -2.20. The predicted octanol–water partition coefficient (Wildman–Crippen LogP) is 3.14. The van der Waals surface area contributed by atoms with E-state index in [2.05, 4.69) is 15.6 Å². The number of carbonyl (C=O) groups excluding carboxylic acids is 2. The molecule has 2 aromatic carbocycles. The Morgan fingerprint density at radius 2 is 1.55 bits per heavy atom. The molecule has 1 fully saturated rings. The number of anilines is 1. The number of sulfonamides is 1. The van der Waals surface area contributed by atoms with E-state index in [1.807, 2.05) is 19.1 Å². The zero-order chi connectivity index (χ0) is 20.9. The van der Waals surface area contributed by atoms with E-state index in [0.29, 0.717) is 5.69 Å². The Balaban J connectivity index is 1.60. The monoisotopic (exact) mass is 415 g/mol. The van der Waals surface area contributed by atoms with E-state index < -0.39 is 15.9 Å². The van der Waals surface area contributed by atoms with E-state index in [1.165, 1.54) is 24.3 Å². The molecule has 1 aliphatic carbocycles. The fourth-order valence-corrected chi connectivity index (χ4v) is 4.46. The van der Waals surface area contributed by atoms with Crippen LogP contribution in [0.2, 0.25) is 0 Å². The van der Waals surface area contributed by atoms with Crippen molar-refractivity contribution in [1.29, 1.82) is 0 Å². The molecule has 0 aromatic heterocycles. The lowest BCUT2D eigenvalue weighted by atomic mass is 9.89. The van der Waals surface area contributed by atoms with Crippen LogP contribution in [-0.2, 0) is 14.8 Å². The number of benzene rings is 2. The van der Waals surface area contributed by atoms with Crippen molar-refractivity contribution in [2.24, 2.45) is 5.92 Å². The van der Waals surface area contributed by atoms with Crippen LogP contribution in [0.3, 0.4) is 0 Å². The second-order valence-electron chi connectivity index (χ2n) is 7.22. The van der Waals surface area contributed by atoms with Gasteiger partial charge in [0.15, 0.2) is 0 Å². The maximum atomic E-state index is 12.6. The van der Waals surface area contributed by atoms with Crippen molar-refractivity contribution in [3.8, 4) is 0 Å². The molecule has 0 heterocycles. The van der Waals surface area contributed by atoms with E-state index in [-0.39, 0.29) is 22.3 Å². The molecule has 29 heavy (non-hydrogen) atoms. The summed E-state index contributed by atoms with van der Waals surface area (Å²) >= 11 is 0. The number of rotatable bonds is 5. The molecule has 0 aliphatic heterocycles. The van der Waals surface area contributed by atoms with Crippen LogP contribution in [0.1, 0.15) is 48.0 Å². The summed E-state index contributed by atoms with van der Waals surface area (Å²) in [6.45, 7) is 1.81. The van der Waals surface area contributed by atoms with Crippen LogP contribution in [0.5, 0.6) is 0 Å². The van der Waals surface area contributed by atoms with Gasteiger partial charge in [0.05, 0.1) is 10.6 Å². The summed E-state index contributed by atoms with van der Waals surface area (Å²) in [5.41, 5.74) is 6.42. The lowest BCUT2D eigenvalue weighted by molar-refractivity contribution is -0.126. The third-order valence-electron chi connectivity index (χ3n) is 5.09. The predicted molar refractivity (Wildman–Crippen MR) is 111 cm³/mol. The number of hydrogen-bond acceptors (Lipinski definition) is 4. The molecule has 0 spiro atoms. The first kappa shape index (κ1) is 20.9. The van der Waals surface area contributed by atoms with Crippen molar-refractivity contribution >= 4 is 27.5 Å². The zero-order valence-electron chi connectivity index (χ0n) is 16.3. The summed E-state index contributed by atoms with van der Waals surface area (Å²) in [4.78, 5) is 24.4. The molecule has 3 N–H and O–H groups in total. The molecular weight excluding hydrogens is 390 g/mol. The highest BCUT2D eigenvalue weighted by atomic mass is 32.2. The topological polar surface area (TPSA) is 104 Å². The van der Waals surface area contributed by atoms with Gasteiger partial charge in [0.25, 0.3) is 15.9 Å². The smallest absolute Gasteiger partial charge is 0.269 e. The molecule has 0 atom stereocenters. The summed E-state index contributed by atoms with van der Waals surface area (Å²) < 4.78 is 27.7. The number of nitrogens with one attached hydrogen (secondary N) is 3. The van der Waals surface area contributed by atoms with Gasteiger partial charge in [-0.1, -0.05) is 37.5 Å². The van der Waals surface area contributed by atoms with Gasteiger partial charge in [0.1, 0.15) is 0 Å². The van der Waals surface area contributed by atoms with E-state index in [4.69, 9.17) is 0 Å². The SMILES string of the molecule is Cc1ccccc1NS(=O)(=O)c1ccc(C(=O)NNC(=O)C2CCCCC2)cc1. The molecule has 0 saturated heterocycles. The summed E-state index contributed by atoms with van der Waals surface area (Å²) in [6, 6.07) is 12.6. The van der Waals surface area contributed by atoms with Gasteiger partial charge < -0.3 is 0 Å². The Hall–Kier alpha value is -2.87. The number of para-hydroxylation sites is 1. The summed E-state index contributed by atoms with van der Waals surface area (Å²) in [5.74, 6) is -0.742. The second kappa shape index (κ2) is 9.09. The second-order valence-corrected chi connectivity index (χ2v) is 8.91. The largest absolute Gasteiger partial charge is 0.279 e. The molecule has 3 rings (SSSR count). The molecule has 0 unspecified atom stereocenters. The standard InChI is InChI=1S/C21H25N3O4S/c1-15-7-5-6-10-19(15)24-29(27,28)18-13-11-17(12-14-18)21(26)23-22-20(25)16-8-3-2-4-9-16/h5-7,10-14,16,24H,2-4,8-9H2,1H3,(H,22,25)(H,23,26). The van der Waals surface area contributed by atoms with Crippen molar-refractivity contribution < 1.29 is 18.0 Å². The summed E-state index contributed by atoms with van der Waals surface area (Å²) in [7, 11) is -3.77. The summed E-state index contributed by atoms with van der Waals surface area (Å²) in [6.07, 6.45) is 4.87. The number of carbonyl (C=O) groups is 2. The third kappa shape index (κ3) is 5.35. The molecule has 0 bridgehead atoms. The maximum absolute atomic E-state index is 12.6. The van der Waals surface area contributed by atoms with Crippen LogP contribution in [-0.4, -0.2) is 20.2 Å². The average Bonchev–Trinajstić information content (AvgIpc) is 2.74. The average molecular weight is 416 g/mol. The normalized spacial score (nSPS) is 14.8. The minimum Gasteiger partial charge on any atom is -0.279 e. The number of hydrazine groups is 1.